The molecular weight excluding hydrogens is 308 g/mol. The molecule has 0 fully saturated rings. The molecule has 124 valence electrons. The molecule has 3 rings (SSSR count). The van der Waals surface area contributed by atoms with E-state index in [1.165, 1.54) is 6.20 Å². The Bertz CT molecular complexity index is 837. The Hall–Kier alpha value is -3.23. The molecule has 0 saturated carbocycles. The summed E-state index contributed by atoms with van der Waals surface area (Å²) in [6.07, 6.45) is 3.12. The van der Waals surface area contributed by atoms with Gasteiger partial charge in [-0.15, -0.1) is 5.10 Å². The maximum Gasteiger partial charge on any atom is 0.323 e. The summed E-state index contributed by atoms with van der Waals surface area (Å²) in [6, 6.07) is 5.22. The summed E-state index contributed by atoms with van der Waals surface area (Å²) >= 11 is 0. The zero-order valence-electron chi connectivity index (χ0n) is 13.6. The summed E-state index contributed by atoms with van der Waals surface area (Å²) in [4.78, 5) is 11.9. The van der Waals surface area contributed by atoms with Crippen LogP contribution in [0.25, 0.3) is 5.69 Å². The van der Waals surface area contributed by atoms with Crippen molar-refractivity contribution < 1.29 is 4.79 Å². The van der Waals surface area contributed by atoms with Gasteiger partial charge < -0.3 is 10.6 Å². The third kappa shape index (κ3) is 3.24. The Kier molecular flexibility index (Phi) is 4.23. The summed E-state index contributed by atoms with van der Waals surface area (Å²) < 4.78 is 1.72. The SMILES string of the molecule is Cc1cc(NC(=O)Nc2cn[nH]c2)ccc1-n1nnnc1C(C)C. The second kappa shape index (κ2) is 6.49. The van der Waals surface area contributed by atoms with Gasteiger partial charge in [0.2, 0.25) is 0 Å². The molecule has 2 amide bonds. The van der Waals surface area contributed by atoms with E-state index in [-0.39, 0.29) is 11.9 Å². The molecule has 3 N–H and O–H groups in total. The number of anilines is 2. The van der Waals surface area contributed by atoms with E-state index in [2.05, 4.69) is 36.4 Å². The van der Waals surface area contributed by atoms with Gasteiger partial charge >= 0.3 is 6.03 Å². The second-order valence-electron chi connectivity index (χ2n) is 5.67. The van der Waals surface area contributed by atoms with Crippen LogP contribution in [-0.2, 0) is 0 Å². The molecule has 3 aromatic rings. The van der Waals surface area contributed by atoms with Crippen LogP contribution in [0.1, 0.15) is 31.2 Å². The molecule has 1 aromatic carbocycles. The molecule has 2 heterocycles. The number of nitrogens with one attached hydrogen (secondary N) is 3. The normalized spacial score (nSPS) is 10.8. The Balaban J connectivity index is 1.77. The zero-order chi connectivity index (χ0) is 17.1. The number of carbonyl (C=O) groups is 1. The van der Waals surface area contributed by atoms with E-state index < -0.39 is 0 Å². The number of aromatic nitrogens is 6. The quantitative estimate of drug-likeness (QED) is 0.681. The summed E-state index contributed by atoms with van der Waals surface area (Å²) in [5, 5.41) is 23.7. The van der Waals surface area contributed by atoms with Crippen LogP contribution in [0.15, 0.2) is 30.6 Å². The van der Waals surface area contributed by atoms with Crippen molar-refractivity contribution in [1.82, 2.24) is 30.4 Å². The highest BCUT2D eigenvalue weighted by Crippen LogP contribution is 2.21. The van der Waals surface area contributed by atoms with Crippen LogP contribution >= 0.6 is 0 Å². The fourth-order valence-corrected chi connectivity index (χ4v) is 2.31. The highest BCUT2D eigenvalue weighted by molar-refractivity contribution is 5.99. The minimum absolute atomic E-state index is 0.206. The summed E-state index contributed by atoms with van der Waals surface area (Å²) in [6.45, 7) is 6.02. The van der Waals surface area contributed by atoms with Gasteiger partial charge in [0.1, 0.15) is 0 Å². The molecule has 0 unspecified atom stereocenters. The smallest absolute Gasteiger partial charge is 0.308 e. The number of urea groups is 1. The first-order valence-corrected chi connectivity index (χ1v) is 7.50. The van der Waals surface area contributed by atoms with Crippen molar-refractivity contribution in [3.8, 4) is 5.69 Å². The minimum Gasteiger partial charge on any atom is -0.308 e. The van der Waals surface area contributed by atoms with Gasteiger partial charge in [-0.3, -0.25) is 5.10 Å². The average molecular weight is 326 g/mol. The van der Waals surface area contributed by atoms with E-state index >= 15 is 0 Å². The third-order valence-corrected chi connectivity index (χ3v) is 3.45. The summed E-state index contributed by atoms with van der Waals surface area (Å²) in [5.74, 6) is 0.995. The number of benzene rings is 1. The lowest BCUT2D eigenvalue weighted by atomic mass is 10.1. The maximum atomic E-state index is 11.9. The molecular formula is C15H18N8O. The molecule has 0 aliphatic heterocycles. The van der Waals surface area contributed by atoms with E-state index in [4.69, 9.17) is 0 Å². The Labute approximate surface area is 138 Å². The van der Waals surface area contributed by atoms with Gasteiger partial charge in [-0.25, -0.2) is 4.79 Å². The van der Waals surface area contributed by atoms with E-state index in [9.17, 15) is 4.79 Å². The first-order valence-electron chi connectivity index (χ1n) is 7.50. The Morgan fingerprint density at radius 3 is 2.71 bits per heavy atom. The van der Waals surface area contributed by atoms with Crippen LogP contribution in [0.3, 0.4) is 0 Å². The average Bonchev–Trinajstić information content (AvgIpc) is 3.18. The first kappa shape index (κ1) is 15.7. The minimum atomic E-state index is -0.339. The molecule has 9 nitrogen and oxygen atoms in total. The van der Waals surface area contributed by atoms with Crippen molar-refractivity contribution in [2.75, 3.05) is 10.6 Å². The van der Waals surface area contributed by atoms with E-state index in [0.29, 0.717) is 11.4 Å². The Morgan fingerprint density at radius 1 is 1.25 bits per heavy atom. The van der Waals surface area contributed by atoms with Crippen molar-refractivity contribution >= 4 is 17.4 Å². The van der Waals surface area contributed by atoms with Crippen molar-refractivity contribution in [2.24, 2.45) is 0 Å². The number of tetrazole rings is 1. The molecule has 9 heteroatoms. The lowest BCUT2D eigenvalue weighted by Crippen LogP contribution is -2.19. The number of aryl methyl sites for hydroxylation is 1. The van der Waals surface area contributed by atoms with Crippen LogP contribution in [0.4, 0.5) is 16.2 Å². The Morgan fingerprint density at radius 2 is 2.04 bits per heavy atom. The topological polar surface area (TPSA) is 113 Å². The van der Waals surface area contributed by atoms with Crippen LogP contribution < -0.4 is 10.6 Å². The molecule has 0 aliphatic carbocycles. The van der Waals surface area contributed by atoms with Gasteiger partial charge in [0.05, 0.1) is 17.6 Å². The van der Waals surface area contributed by atoms with Crippen LogP contribution in [0.5, 0.6) is 0 Å². The zero-order valence-corrected chi connectivity index (χ0v) is 13.6. The van der Waals surface area contributed by atoms with E-state index in [1.54, 1.807) is 10.9 Å². The van der Waals surface area contributed by atoms with Gasteiger partial charge in [-0.05, 0) is 41.1 Å². The molecule has 0 saturated heterocycles. The van der Waals surface area contributed by atoms with Crippen molar-refractivity contribution in [2.45, 2.75) is 26.7 Å². The lowest BCUT2D eigenvalue weighted by Gasteiger charge is -2.12. The fraction of sp³-hybridized carbons (Fsp3) is 0.267. The van der Waals surface area contributed by atoms with Crippen molar-refractivity contribution in [3.05, 3.63) is 42.0 Å². The largest absolute Gasteiger partial charge is 0.323 e. The number of hydrogen-bond acceptors (Lipinski definition) is 5. The van der Waals surface area contributed by atoms with Crippen LogP contribution in [0.2, 0.25) is 0 Å². The number of H-pyrrole nitrogens is 1. The molecule has 0 bridgehead atoms. The predicted octanol–water partition coefficient (Wildman–Crippen LogP) is 2.46. The molecule has 24 heavy (non-hydrogen) atoms. The number of hydrogen-bond donors (Lipinski definition) is 3. The van der Waals surface area contributed by atoms with E-state index in [1.807, 2.05) is 39.0 Å². The highest BCUT2D eigenvalue weighted by Gasteiger charge is 2.14. The van der Waals surface area contributed by atoms with Crippen LogP contribution in [-0.4, -0.2) is 36.4 Å². The van der Waals surface area contributed by atoms with E-state index in [0.717, 1.165) is 17.1 Å². The van der Waals surface area contributed by atoms with Crippen LogP contribution in [0, 0.1) is 6.92 Å². The predicted molar refractivity (Wildman–Crippen MR) is 89.2 cm³/mol. The maximum absolute atomic E-state index is 11.9. The third-order valence-electron chi connectivity index (χ3n) is 3.45. The van der Waals surface area contributed by atoms with Gasteiger partial charge in [0.15, 0.2) is 5.82 Å². The highest BCUT2D eigenvalue weighted by atomic mass is 16.2. The monoisotopic (exact) mass is 326 g/mol. The standard InChI is InChI=1S/C15H18N8O/c1-9(2)14-20-21-22-23(14)13-5-4-11(6-10(13)3)18-15(24)19-12-7-16-17-8-12/h4-9H,1-3H3,(H,16,17)(H2,18,19,24). The lowest BCUT2D eigenvalue weighted by molar-refractivity contribution is 0.262. The summed E-state index contributed by atoms with van der Waals surface area (Å²) in [7, 11) is 0. The van der Waals surface area contributed by atoms with Crippen molar-refractivity contribution in [3.63, 3.8) is 0 Å². The molecule has 2 aromatic heterocycles. The number of carbonyl (C=O) groups excluding carboxylic acids is 1. The summed E-state index contributed by atoms with van der Waals surface area (Å²) in [5.41, 5.74) is 3.10. The first-order chi connectivity index (χ1) is 11.5. The van der Waals surface area contributed by atoms with Gasteiger partial charge in [-0.1, -0.05) is 13.8 Å². The number of rotatable bonds is 4. The number of amides is 2. The molecule has 0 spiro atoms. The van der Waals surface area contributed by atoms with Crippen molar-refractivity contribution in [1.29, 1.82) is 0 Å². The number of aromatic amines is 1. The fourth-order valence-electron chi connectivity index (χ4n) is 2.31. The van der Waals surface area contributed by atoms with Gasteiger partial charge in [0, 0.05) is 17.8 Å². The molecule has 0 atom stereocenters. The molecule has 0 radical (unpaired) electrons. The second-order valence-corrected chi connectivity index (χ2v) is 5.67. The number of nitrogens with zero attached hydrogens (tertiary/aromatic N) is 5. The van der Waals surface area contributed by atoms with Gasteiger partial charge in [0.25, 0.3) is 0 Å². The van der Waals surface area contributed by atoms with Gasteiger partial charge in [-0.2, -0.15) is 9.78 Å². The molecule has 0 aliphatic rings.